The number of imide groups is 1. The quantitative estimate of drug-likeness (QED) is 0.705. The molecule has 0 aromatic heterocycles. The normalized spacial score (nSPS) is 20.9. The lowest BCUT2D eigenvalue weighted by Gasteiger charge is -2.24. The van der Waals surface area contributed by atoms with Gasteiger partial charge in [0.05, 0.1) is 6.54 Å². The predicted molar refractivity (Wildman–Crippen MR) is 110 cm³/mol. The Bertz CT molecular complexity index is 1040. The molecule has 1 atom stereocenters. The molecule has 5 amide bonds. The molecule has 1 saturated carbocycles. The summed E-state index contributed by atoms with van der Waals surface area (Å²) < 4.78 is 0. The highest BCUT2D eigenvalue weighted by Crippen LogP contribution is 2.33. The van der Waals surface area contributed by atoms with Crippen molar-refractivity contribution in [3.8, 4) is 0 Å². The van der Waals surface area contributed by atoms with E-state index in [9.17, 15) is 19.2 Å². The van der Waals surface area contributed by atoms with Crippen LogP contribution in [0, 0.1) is 0 Å². The average Bonchev–Trinajstić information content (AvgIpc) is 3.50. The molecule has 1 saturated heterocycles. The topological polar surface area (TPSA) is 98.8 Å². The van der Waals surface area contributed by atoms with Crippen LogP contribution in [0.3, 0.4) is 0 Å². The lowest BCUT2D eigenvalue weighted by Crippen LogP contribution is -2.46. The number of fused-ring (bicyclic) bond motifs is 1. The monoisotopic (exact) mass is 408 g/mol. The van der Waals surface area contributed by atoms with Crippen molar-refractivity contribution in [2.75, 3.05) is 20.1 Å². The first-order valence-electron chi connectivity index (χ1n) is 9.95. The van der Waals surface area contributed by atoms with Gasteiger partial charge >= 0.3 is 6.03 Å². The first-order valence-corrected chi connectivity index (χ1v) is 9.95. The fourth-order valence-electron chi connectivity index (χ4n) is 3.75. The van der Waals surface area contributed by atoms with Crippen molar-refractivity contribution >= 4 is 34.5 Å². The van der Waals surface area contributed by atoms with E-state index in [1.807, 2.05) is 36.4 Å². The number of amides is 5. The Balaban J connectivity index is 1.50. The molecule has 0 unspecified atom stereocenters. The fourth-order valence-corrected chi connectivity index (χ4v) is 3.75. The Morgan fingerprint density at radius 1 is 1.17 bits per heavy atom. The van der Waals surface area contributed by atoms with E-state index in [2.05, 4.69) is 10.6 Å². The van der Waals surface area contributed by atoms with E-state index < -0.39 is 29.9 Å². The number of urea groups is 1. The first-order chi connectivity index (χ1) is 14.3. The van der Waals surface area contributed by atoms with Crippen molar-refractivity contribution in [2.45, 2.75) is 31.3 Å². The summed E-state index contributed by atoms with van der Waals surface area (Å²) >= 11 is 0. The van der Waals surface area contributed by atoms with Crippen molar-refractivity contribution in [2.24, 2.45) is 0 Å². The smallest absolute Gasteiger partial charge is 0.325 e. The lowest BCUT2D eigenvalue weighted by molar-refractivity contribution is -0.139. The van der Waals surface area contributed by atoms with E-state index in [-0.39, 0.29) is 18.5 Å². The van der Waals surface area contributed by atoms with Crippen LogP contribution in [0.15, 0.2) is 42.5 Å². The summed E-state index contributed by atoms with van der Waals surface area (Å²) in [5.41, 5.74) is -0.605. The van der Waals surface area contributed by atoms with Crippen LogP contribution < -0.4 is 10.6 Å². The summed E-state index contributed by atoms with van der Waals surface area (Å²) in [6, 6.07) is 12.8. The number of benzene rings is 2. The molecule has 8 nitrogen and oxygen atoms in total. The molecule has 4 rings (SSSR count). The first kappa shape index (κ1) is 19.9. The summed E-state index contributed by atoms with van der Waals surface area (Å²) in [5.74, 6) is -1.22. The highest BCUT2D eigenvalue weighted by Gasteiger charge is 2.50. The molecule has 2 aromatic rings. The Morgan fingerprint density at radius 2 is 1.87 bits per heavy atom. The van der Waals surface area contributed by atoms with Gasteiger partial charge in [-0.3, -0.25) is 19.3 Å². The van der Waals surface area contributed by atoms with Crippen LogP contribution in [0.25, 0.3) is 10.8 Å². The van der Waals surface area contributed by atoms with Crippen LogP contribution in [-0.4, -0.2) is 59.7 Å². The summed E-state index contributed by atoms with van der Waals surface area (Å²) in [5, 5.41) is 7.37. The zero-order valence-electron chi connectivity index (χ0n) is 17.0. The third-order valence-electron chi connectivity index (χ3n) is 5.65. The van der Waals surface area contributed by atoms with Gasteiger partial charge in [0.1, 0.15) is 12.1 Å². The molecule has 1 heterocycles. The maximum Gasteiger partial charge on any atom is 0.325 e. The van der Waals surface area contributed by atoms with Crippen LogP contribution >= 0.6 is 0 Å². The van der Waals surface area contributed by atoms with Crippen molar-refractivity contribution in [1.82, 2.24) is 20.4 Å². The molecule has 2 aliphatic rings. The van der Waals surface area contributed by atoms with Gasteiger partial charge in [0.15, 0.2) is 0 Å². The second-order valence-corrected chi connectivity index (χ2v) is 8.06. The third-order valence-corrected chi connectivity index (χ3v) is 5.65. The zero-order chi connectivity index (χ0) is 21.5. The SMILES string of the molecule is CN(CC(=O)NC1CC1)C(=O)CN1C(=O)N[C@@](C)(c2cccc3ccccc23)C1=O. The second kappa shape index (κ2) is 7.44. The highest BCUT2D eigenvalue weighted by molar-refractivity contribution is 6.10. The molecule has 0 bridgehead atoms. The van der Waals surface area contributed by atoms with Crippen LogP contribution in [0.4, 0.5) is 4.79 Å². The number of hydrogen-bond donors (Lipinski definition) is 2. The van der Waals surface area contributed by atoms with Gasteiger partial charge in [0.2, 0.25) is 11.8 Å². The van der Waals surface area contributed by atoms with Gasteiger partial charge in [0.25, 0.3) is 5.91 Å². The van der Waals surface area contributed by atoms with E-state index in [4.69, 9.17) is 0 Å². The number of nitrogens with zero attached hydrogens (tertiary/aromatic N) is 2. The van der Waals surface area contributed by atoms with E-state index in [0.29, 0.717) is 5.56 Å². The van der Waals surface area contributed by atoms with Crippen molar-refractivity contribution in [3.05, 3.63) is 48.0 Å². The maximum atomic E-state index is 13.2. The second-order valence-electron chi connectivity index (χ2n) is 8.06. The maximum absolute atomic E-state index is 13.2. The number of nitrogens with one attached hydrogen (secondary N) is 2. The summed E-state index contributed by atoms with van der Waals surface area (Å²) in [4.78, 5) is 52.4. The largest absolute Gasteiger partial charge is 0.352 e. The minimum Gasteiger partial charge on any atom is -0.352 e. The van der Waals surface area contributed by atoms with Gasteiger partial charge in [-0.1, -0.05) is 42.5 Å². The van der Waals surface area contributed by atoms with Crippen LogP contribution in [0.5, 0.6) is 0 Å². The molecule has 0 radical (unpaired) electrons. The minimum atomic E-state index is -1.28. The van der Waals surface area contributed by atoms with Crippen molar-refractivity contribution in [3.63, 3.8) is 0 Å². The van der Waals surface area contributed by atoms with Gasteiger partial charge in [-0.2, -0.15) is 0 Å². The highest BCUT2D eigenvalue weighted by atomic mass is 16.2. The summed E-state index contributed by atoms with van der Waals surface area (Å²) in [6.07, 6.45) is 1.91. The van der Waals surface area contributed by atoms with E-state index >= 15 is 0 Å². The molecule has 1 aliphatic heterocycles. The number of rotatable bonds is 6. The molecular formula is C22H24N4O4. The lowest BCUT2D eigenvalue weighted by atomic mass is 9.88. The molecule has 8 heteroatoms. The van der Waals surface area contributed by atoms with E-state index in [1.54, 1.807) is 13.0 Å². The van der Waals surface area contributed by atoms with Gasteiger partial charge < -0.3 is 15.5 Å². The number of carbonyl (C=O) groups excluding carboxylic acids is 4. The van der Waals surface area contributed by atoms with Gasteiger partial charge in [0, 0.05) is 13.1 Å². The van der Waals surface area contributed by atoms with Gasteiger partial charge in [-0.15, -0.1) is 0 Å². The number of hydrogen-bond acceptors (Lipinski definition) is 4. The Kier molecular flexibility index (Phi) is 4.93. The Hall–Kier alpha value is -3.42. The number of carbonyl (C=O) groups is 4. The molecule has 2 N–H and O–H groups in total. The van der Waals surface area contributed by atoms with Crippen LogP contribution in [0.2, 0.25) is 0 Å². The Labute approximate surface area is 174 Å². The molecule has 1 aliphatic carbocycles. The number of likely N-dealkylation sites (N-methyl/N-ethyl adjacent to an activating group) is 1. The molecular weight excluding hydrogens is 384 g/mol. The minimum absolute atomic E-state index is 0.112. The zero-order valence-corrected chi connectivity index (χ0v) is 17.0. The van der Waals surface area contributed by atoms with E-state index in [1.165, 1.54) is 11.9 Å². The van der Waals surface area contributed by atoms with Crippen molar-refractivity contribution in [1.29, 1.82) is 0 Å². The molecule has 0 spiro atoms. The molecule has 156 valence electrons. The standard InChI is InChI=1S/C22H24N4O4/c1-22(17-9-5-7-14-6-3-4-8-16(14)17)20(29)26(21(30)24-22)13-19(28)25(2)12-18(27)23-15-10-11-15/h3-9,15H,10-13H2,1-2H3,(H,23,27)(H,24,30)/t22-/m0/s1. The molecule has 30 heavy (non-hydrogen) atoms. The summed E-state index contributed by atoms with van der Waals surface area (Å²) in [6.45, 7) is 1.12. The average molecular weight is 408 g/mol. The predicted octanol–water partition coefficient (Wildman–Crippen LogP) is 1.34. The molecule has 2 fully saturated rings. The van der Waals surface area contributed by atoms with E-state index in [0.717, 1.165) is 28.5 Å². The van der Waals surface area contributed by atoms with Crippen LogP contribution in [-0.2, 0) is 19.9 Å². The Morgan fingerprint density at radius 3 is 2.60 bits per heavy atom. The fraction of sp³-hybridized carbons (Fsp3) is 0.364. The molecule has 2 aromatic carbocycles. The van der Waals surface area contributed by atoms with Crippen molar-refractivity contribution < 1.29 is 19.2 Å². The summed E-state index contributed by atoms with van der Waals surface area (Å²) in [7, 11) is 1.48. The van der Waals surface area contributed by atoms with Gasteiger partial charge in [-0.05, 0) is 36.1 Å². The third kappa shape index (κ3) is 3.60. The van der Waals surface area contributed by atoms with Gasteiger partial charge in [-0.25, -0.2) is 4.79 Å². The van der Waals surface area contributed by atoms with Crippen LogP contribution in [0.1, 0.15) is 25.3 Å².